The highest BCUT2D eigenvalue weighted by Gasteiger charge is 2.27. The second-order valence-electron chi connectivity index (χ2n) is 5.19. The van der Waals surface area contributed by atoms with Crippen LogP contribution in [0, 0.1) is 0 Å². The number of hydrogen-bond acceptors (Lipinski definition) is 5. The van der Waals surface area contributed by atoms with E-state index in [0.29, 0.717) is 24.8 Å². The van der Waals surface area contributed by atoms with Crippen LogP contribution in [0.5, 0.6) is 0 Å². The standard InChI is InChI=1S/C13H20N2O5S/c16-11(7-15-9-21-8-12(15)17)14(4-3-13(18)19)6-10-2-1-5-20-10/h10H,1-9H2,(H,18,19). The molecule has 8 heteroatoms. The van der Waals surface area contributed by atoms with Crippen LogP contribution in [0.1, 0.15) is 19.3 Å². The Hall–Kier alpha value is -1.28. The molecular formula is C13H20N2O5S. The Labute approximate surface area is 127 Å². The number of amides is 2. The third kappa shape index (κ3) is 4.89. The molecular weight excluding hydrogens is 296 g/mol. The number of carboxylic acid groups (broad SMARTS) is 1. The predicted octanol–water partition coefficient (Wildman–Crippen LogP) is 0.00160. The molecule has 0 aromatic heterocycles. The van der Waals surface area contributed by atoms with Crippen LogP contribution in [0.25, 0.3) is 0 Å². The average Bonchev–Trinajstić information content (AvgIpc) is 3.07. The van der Waals surface area contributed by atoms with Gasteiger partial charge in [0.2, 0.25) is 11.8 Å². The van der Waals surface area contributed by atoms with Crippen LogP contribution in [0.3, 0.4) is 0 Å². The van der Waals surface area contributed by atoms with Gasteiger partial charge < -0.3 is 19.6 Å². The molecule has 2 saturated heterocycles. The van der Waals surface area contributed by atoms with Crippen LogP contribution >= 0.6 is 11.8 Å². The molecule has 2 aliphatic rings. The first-order valence-corrected chi connectivity index (χ1v) is 8.18. The molecule has 0 aromatic carbocycles. The van der Waals surface area contributed by atoms with E-state index >= 15 is 0 Å². The normalized spacial score (nSPS) is 21.8. The lowest BCUT2D eigenvalue weighted by Crippen LogP contribution is -2.44. The van der Waals surface area contributed by atoms with E-state index in [2.05, 4.69) is 0 Å². The quantitative estimate of drug-likeness (QED) is 0.711. The molecule has 2 aliphatic heterocycles. The molecule has 7 nitrogen and oxygen atoms in total. The van der Waals surface area contributed by atoms with Crippen molar-refractivity contribution < 1.29 is 24.2 Å². The largest absolute Gasteiger partial charge is 0.481 e. The molecule has 0 aliphatic carbocycles. The van der Waals surface area contributed by atoms with Gasteiger partial charge in [0.1, 0.15) is 6.54 Å². The summed E-state index contributed by atoms with van der Waals surface area (Å²) in [6.07, 6.45) is 1.73. The summed E-state index contributed by atoms with van der Waals surface area (Å²) in [6, 6.07) is 0. The van der Waals surface area contributed by atoms with Gasteiger partial charge in [0, 0.05) is 19.7 Å². The first-order chi connectivity index (χ1) is 10.1. The van der Waals surface area contributed by atoms with Crippen LogP contribution in [0.4, 0.5) is 0 Å². The molecule has 1 unspecified atom stereocenters. The highest BCUT2D eigenvalue weighted by Crippen LogP contribution is 2.16. The molecule has 1 atom stereocenters. The SMILES string of the molecule is O=C(O)CCN(CC1CCCO1)C(=O)CN1CSCC1=O. The van der Waals surface area contributed by atoms with Crippen LogP contribution in [-0.2, 0) is 19.1 Å². The Kier molecular flexibility index (Phi) is 5.86. The van der Waals surface area contributed by atoms with Gasteiger partial charge in [0.05, 0.1) is 24.2 Å². The van der Waals surface area contributed by atoms with E-state index in [1.165, 1.54) is 21.6 Å². The summed E-state index contributed by atoms with van der Waals surface area (Å²) in [6.45, 7) is 1.27. The Morgan fingerprint density at radius 2 is 2.29 bits per heavy atom. The summed E-state index contributed by atoms with van der Waals surface area (Å²) in [4.78, 5) is 37.6. The zero-order valence-corrected chi connectivity index (χ0v) is 12.6. The summed E-state index contributed by atoms with van der Waals surface area (Å²) in [5.74, 6) is -0.245. The first kappa shape index (κ1) is 16.1. The number of rotatable bonds is 7. The zero-order chi connectivity index (χ0) is 15.2. The maximum atomic E-state index is 12.3. The molecule has 0 radical (unpaired) electrons. The number of ether oxygens (including phenoxy) is 1. The van der Waals surface area contributed by atoms with Gasteiger partial charge in [-0.15, -0.1) is 11.8 Å². The number of carbonyl (C=O) groups excluding carboxylic acids is 2. The lowest BCUT2D eigenvalue weighted by Gasteiger charge is -2.27. The van der Waals surface area contributed by atoms with E-state index in [1.54, 1.807) is 0 Å². The summed E-state index contributed by atoms with van der Waals surface area (Å²) in [5.41, 5.74) is 0. The van der Waals surface area contributed by atoms with Crippen LogP contribution in [-0.4, -0.2) is 76.7 Å². The van der Waals surface area contributed by atoms with Crippen molar-refractivity contribution >= 4 is 29.5 Å². The molecule has 0 saturated carbocycles. The summed E-state index contributed by atoms with van der Waals surface area (Å²) in [5, 5.41) is 8.79. The lowest BCUT2D eigenvalue weighted by atomic mass is 10.2. The monoisotopic (exact) mass is 316 g/mol. The second kappa shape index (κ2) is 7.65. The topological polar surface area (TPSA) is 87.2 Å². The molecule has 1 N–H and O–H groups in total. The third-order valence-electron chi connectivity index (χ3n) is 3.55. The molecule has 2 rings (SSSR count). The van der Waals surface area contributed by atoms with Gasteiger partial charge in [-0.2, -0.15) is 0 Å². The Morgan fingerprint density at radius 3 is 2.86 bits per heavy atom. The maximum Gasteiger partial charge on any atom is 0.305 e. The number of carboxylic acids is 1. The van der Waals surface area contributed by atoms with Crippen LogP contribution < -0.4 is 0 Å². The number of aliphatic carboxylic acids is 1. The minimum Gasteiger partial charge on any atom is -0.481 e. The minimum absolute atomic E-state index is 0.0219. The number of thioether (sulfide) groups is 1. The van der Waals surface area contributed by atoms with Crippen molar-refractivity contribution in [1.29, 1.82) is 0 Å². The number of carbonyl (C=O) groups is 3. The van der Waals surface area contributed by atoms with E-state index in [9.17, 15) is 14.4 Å². The Morgan fingerprint density at radius 1 is 1.48 bits per heavy atom. The predicted molar refractivity (Wildman–Crippen MR) is 76.8 cm³/mol. The summed E-state index contributed by atoms with van der Waals surface area (Å²) >= 11 is 1.48. The highest BCUT2D eigenvalue weighted by atomic mass is 32.2. The van der Waals surface area contributed by atoms with Crippen molar-refractivity contribution in [2.24, 2.45) is 0 Å². The fraction of sp³-hybridized carbons (Fsp3) is 0.769. The molecule has 2 fully saturated rings. The van der Waals surface area contributed by atoms with E-state index in [-0.39, 0.29) is 37.4 Å². The number of hydrogen-bond donors (Lipinski definition) is 1. The van der Waals surface area contributed by atoms with Crippen LogP contribution in [0.2, 0.25) is 0 Å². The molecule has 2 heterocycles. The van der Waals surface area contributed by atoms with Gasteiger partial charge in [-0.3, -0.25) is 14.4 Å². The van der Waals surface area contributed by atoms with E-state index < -0.39 is 5.97 Å². The maximum absolute atomic E-state index is 12.3. The van der Waals surface area contributed by atoms with Gasteiger partial charge in [0.25, 0.3) is 0 Å². The Balaban J connectivity index is 1.90. The first-order valence-electron chi connectivity index (χ1n) is 7.03. The summed E-state index contributed by atoms with van der Waals surface area (Å²) < 4.78 is 5.51. The van der Waals surface area contributed by atoms with Crippen molar-refractivity contribution in [2.45, 2.75) is 25.4 Å². The second-order valence-corrected chi connectivity index (χ2v) is 6.14. The van der Waals surface area contributed by atoms with Gasteiger partial charge >= 0.3 is 5.97 Å². The average molecular weight is 316 g/mol. The molecule has 2 amide bonds. The molecule has 0 spiro atoms. The van der Waals surface area contributed by atoms with Gasteiger partial charge in [-0.1, -0.05) is 0 Å². The van der Waals surface area contributed by atoms with Crippen molar-refractivity contribution in [2.75, 3.05) is 37.9 Å². The van der Waals surface area contributed by atoms with Gasteiger partial charge in [-0.05, 0) is 12.8 Å². The lowest BCUT2D eigenvalue weighted by molar-refractivity contribution is -0.141. The smallest absolute Gasteiger partial charge is 0.305 e. The minimum atomic E-state index is -0.937. The fourth-order valence-electron chi connectivity index (χ4n) is 2.39. The van der Waals surface area contributed by atoms with E-state index in [4.69, 9.17) is 9.84 Å². The summed E-state index contributed by atoms with van der Waals surface area (Å²) in [7, 11) is 0. The van der Waals surface area contributed by atoms with Crippen molar-refractivity contribution in [1.82, 2.24) is 9.80 Å². The molecule has 0 aromatic rings. The van der Waals surface area contributed by atoms with E-state index in [1.807, 2.05) is 0 Å². The van der Waals surface area contributed by atoms with Crippen molar-refractivity contribution in [3.8, 4) is 0 Å². The molecule has 118 valence electrons. The highest BCUT2D eigenvalue weighted by molar-refractivity contribution is 8.00. The zero-order valence-electron chi connectivity index (χ0n) is 11.8. The molecule has 21 heavy (non-hydrogen) atoms. The Bertz CT molecular complexity index is 411. The third-order valence-corrected chi connectivity index (χ3v) is 4.49. The van der Waals surface area contributed by atoms with Gasteiger partial charge in [-0.25, -0.2) is 0 Å². The fourth-order valence-corrected chi connectivity index (χ4v) is 3.29. The van der Waals surface area contributed by atoms with E-state index in [0.717, 1.165) is 12.8 Å². The van der Waals surface area contributed by atoms with Crippen LogP contribution in [0.15, 0.2) is 0 Å². The van der Waals surface area contributed by atoms with Crippen molar-refractivity contribution in [3.63, 3.8) is 0 Å². The van der Waals surface area contributed by atoms with Gasteiger partial charge in [0.15, 0.2) is 0 Å². The number of nitrogens with zero attached hydrogens (tertiary/aromatic N) is 2. The molecule has 0 bridgehead atoms. The van der Waals surface area contributed by atoms with Crippen molar-refractivity contribution in [3.05, 3.63) is 0 Å².